The molecular formula is C29H38ClN3O3. The fourth-order valence-electron chi connectivity index (χ4n) is 4.46. The Morgan fingerprint density at radius 2 is 1.78 bits per heavy atom. The maximum atomic E-state index is 13.7. The molecule has 0 radical (unpaired) electrons. The summed E-state index contributed by atoms with van der Waals surface area (Å²) in [5, 5.41) is 0.995. The van der Waals surface area contributed by atoms with Crippen LogP contribution < -0.4 is 5.56 Å². The number of aryl methyl sites for hydroxylation is 1. The molecule has 1 heterocycles. The fourth-order valence-corrected chi connectivity index (χ4v) is 4.63. The third-order valence-electron chi connectivity index (χ3n) is 6.59. The standard InChI is InChI=1S/C29H38ClN3O3/c1-5-6-7-8-9-10-11-27(34)32(18-19-36-4)22(3)28-31-26-20-23(30)14-17-25(26)29(35)33(28)24-15-12-21(2)13-16-24/h12-17,20,22H,5-11,18-19H2,1-4H3. The Morgan fingerprint density at radius 1 is 1.08 bits per heavy atom. The van der Waals surface area contributed by atoms with Crippen LogP contribution in [0.25, 0.3) is 16.6 Å². The van der Waals surface area contributed by atoms with Crippen molar-refractivity contribution in [2.75, 3.05) is 20.3 Å². The normalized spacial score (nSPS) is 12.1. The van der Waals surface area contributed by atoms with Gasteiger partial charge in [0.1, 0.15) is 5.82 Å². The lowest BCUT2D eigenvalue weighted by Crippen LogP contribution is -2.39. The highest BCUT2D eigenvalue weighted by atomic mass is 35.5. The van der Waals surface area contributed by atoms with Gasteiger partial charge in [0, 0.05) is 25.1 Å². The van der Waals surface area contributed by atoms with Crippen LogP contribution in [0, 0.1) is 6.92 Å². The van der Waals surface area contributed by atoms with E-state index in [0.29, 0.717) is 47.0 Å². The van der Waals surface area contributed by atoms with Crippen molar-refractivity contribution in [1.82, 2.24) is 14.5 Å². The zero-order valence-electron chi connectivity index (χ0n) is 21.9. The second-order valence-corrected chi connectivity index (χ2v) is 9.82. The van der Waals surface area contributed by atoms with Gasteiger partial charge in [-0.1, -0.05) is 68.3 Å². The Bertz CT molecular complexity index is 1210. The van der Waals surface area contributed by atoms with E-state index in [1.165, 1.54) is 19.3 Å². The topological polar surface area (TPSA) is 64.4 Å². The number of carbonyl (C=O) groups is 1. The van der Waals surface area contributed by atoms with Gasteiger partial charge in [-0.05, 0) is 50.6 Å². The van der Waals surface area contributed by atoms with E-state index in [2.05, 4.69) is 6.92 Å². The van der Waals surface area contributed by atoms with Crippen molar-refractivity contribution in [3.8, 4) is 5.69 Å². The first-order valence-electron chi connectivity index (χ1n) is 12.9. The molecule has 0 bridgehead atoms. The highest BCUT2D eigenvalue weighted by Gasteiger charge is 2.26. The molecule has 6 nitrogen and oxygen atoms in total. The Morgan fingerprint density at radius 3 is 2.47 bits per heavy atom. The van der Waals surface area contributed by atoms with E-state index in [1.807, 2.05) is 38.1 Å². The number of ether oxygens (including phenoxy) is 1. The molecule has 0 saturated heterocycles. The molecule has 3 aromatic rings. The molecule has 1 amide bonds. The molecule has 194 valence electrons. The first-order chi connectivity index (χ1) is 17.4. The third kappa shape index (κ3) is 6.95. The van der Waals surface area contributed by atoms with Crippen molar-refractivity contribution in [2.24, 2.45) is 0 Å². The minimum atomic E-state index is -0.440. The molecule has 1 atom stereocenters. The van der Waals surface area contributed by atoms with Crippen LogP contribution in [0.15, 0.2) is 47.3 Å². The van der Waals surface area contributed by atoms with Crippen LogP contribution in [0.4, 0.5) is 0 Å². The van der Waals surface area contributed by atoms with Crippen LogP contribution in [-0.2, 0) is 9.53 Å². The van der Waals surface area contributed by atoms with Crippen LogP contribution in [-0.4, -0.2) is 40.6 Å². The first kappa shape index (κ1) is 27.9. The Labute approximate surface area is 219 Å². The lowest BCUT2D eigenvalue weighted by Gasteiger charge is -2.30. The van der Waals surface area contributed by atoms with Gasteiger partial charge in [0.25, 0.3) is 5.56 Å². The van der Waals surface area contributed by atoms with Gasteiger partial charge in [-0.3, -0.25) is 14.2 Å². The molecule has 0 aliphatic heterocycles. The van der Waals surface area contributed by atoms with Gasteiger partial charge >= 0.3 is 0 Å². The van der Waals surface area contributed by atoms with Crippen molar-refractivity contribution in [3.63, 3.8) is 0 Å². The Balaban J connectivity index is 2.00. The van der Waals surface area contributed by atoms with Gasteiger partial charge in [0.15, 0.2) is 0 Å². The van der Waals surface area contributed by atoms with Gasteiger partial charge in [0.2, 0.25) is 5.91 Å². The third-order valence-corrected chi connectivity index (χ3v) is 6.83. The van der Waals surface area contributed by atoms with Gasteiger partial charge in [-0.15, -0.1) is 0 Å². The molecular weight excluding hydrogens is 474 g/mol. The number of rotatable bonds is 13. The number of carbonyl (C=O) groups excluding carboxylic acids is 1. The predicted octanol–water partition coefficient (Wildman–Crippen LogP) is 6.63. The zero-order valence-corrected chi connectivity index (χ0v) is 22.7. The molecule has 7 heteroatoms. The molecule has 3 rings (SSSR count). The van der Waals surface area contributed by atoms with E-state index >= 15 is 0 Å². The molecule has 0 spiro atoms. The van der Waals surface area contributed by atoms with E-state index < -0.39 is 6.04 Å². The molecule has 0 fully saturated rings. The van der Waals surface area contributed by atoms with Gasteiger partial charge in [0.05, 0.1) is 29.2 Å². The van der Waals surface area contributed by atoms with Crippen LogP contribution in [0.1, 0.15) is 76.2 Å². The lowest BCUT2D eigenvalue weighted by atomic mass is 10.1. The average molecular weight is 512 g/mol. The summed E-state index contributed by atoms with van der Waals surface area (Å²) < 4.78 is 6.94. The quantitative estimate of drug-likeness (QED) is 0.241. The maximum absolute atomic E-state index is 13.7. The Kier molecular flexibility index (Phi) is 10.5. The molecule has 1 unspecified atom stereocenters. The second kappa shape index (κ2) is 13.6. The number of benzene rings is 2. The fraction of sp³-hybridized carbons (Fsp3) is 0.483. The van der Waals surface area contributed by atoms with Crippen molar-refractivity contribution < 1.29 is 9.53 Å². The van der Waals surface area contributed by atoms with Crippen molar-refractivity contribution >= 4 is 28.4 Å². The average Bonchev–Trinajstić information content (AvgIpc) is 2.86. The summed E-state index contributed by atoms with van der Waals surface area (Å²) in [5.74, 6) is 0.553. The second-order valence-electron chi connectivity index (χ2n) is 9.38. The number of fused-ring (bicyclic) bond motifs is 1. The summed E-state index contributed by atoms with van der Waals surface area (Å²) >= 11 is 6.23. The minimum absolute atomic E-state index is 0.0472. The lowest BCUT2D eigenvalue weighted by molar-refractivity contribution is -0.134. The van der Waals surface area contributed by atoms with Crippen LogP contribution >= 0.6 is 11.6 Å². The maximum Gasteiger partial charge on any atom is 0.266 e. The Hall–Kier alpha value is -2.70. The number of methoxy groups -OCH3 is 1. The highest BCUT2D eigenvalue weighted by molar-refractivity contribution is 6.31. The summed E-state index contributed by atoms with van der Waals surface area (Å²) in [6.45, 7) is 6.95. The largest absolute Gasteiger partial charge is 0.383 e. The number of hydrogen-bond acceptors (Lipinski definition) is 4. The van der Waals surface area contributed by atoms with Crippen LogP contribution in [0.5, 0.6) is 0 Å². The van der Waals surface area contributed by atoms with Crippen LogP contribution in [0.3, 0.4) is 0 Å². The van der Waals surface area contributed by atoms with Gasteiger partial charge < -0.3 is 9.64 Å². The van der Waals surface area contributed by atoms with Gasteiger partial charge in [-0.2, -0.15) is 0 Å². The molecule has 1 aromatic heterocycles. The van der Waals surface area contributed by atoms with E-state index in [4.69, 9.17) is 21.3 Å². The molecule has 0 aliphatic carbocycles. The molecule has 0 aliphatic rings. The smallest absolute Gasteiger partial charge is 0.266 e. The first-order valence-corrected chi connectivity index (χ1v) is 13.3. The van der Waals surface area contributed by atoms with E-state index in [9.17, 15) is 9.59 Å². The predicted molar refractivity (Wildman–Crippen MR) is 147 cm³/mol. The number of hydrogen-bond donors (Lipinski definition) is 0. The number of amides is 1. The summed E-state index contributed by atoms with van der Waals surface area (Å²) in [5.41, 5.74) is 2.15. The zero-order chi connectivity index (χ0) is 26.1. The number of aromatic nitrogens is 2. The van der Waals surface area contributed by atoms with E-state index in [-0.39, 0.29) is 11.5 Å². The van der Waals surface area contributed by atoms with Gasteiger partial charge in [-0.25, -0.2) is 4.98 Å². The molecule has 0 N–H and O–H groups in total. The molecule has 0 saturated carbocycles. The van der Waals surface area contributed by atoms with E-state index in [1.54, 1.807) is 34.8 Å². The minimum Gasteiger partial charge on any atom is -0.383 e. The van der Waals surface area contributed by atoms with E-state index in [0.717, 1.165) is 24.8 Å². The molecule has 36 heavy (non-hydrogen) atoms. The number of halogens is 1. The summed E-state index contributed by atoms with van der Waals surface area (Å²) in [7, 11) is 1.62. The summed E-state index contributed by atoms with van der Waals surface area (Å²) in [6, 6.07) is 12.4. The number of nitrogens with zero attached hydrogens (tertiary/aromatic N) is 3. The molecule has 2 aromatic carbocycles. The summed E-state index contributed by atoms with van der Waals surface area (Å²) in [6.07, 6.45) is 7.15. The number of unbranched alkanes of at least 4 members (excludes halogenated alkanes) is 5. The van der Waals surface area contributed by atoms with Crippen molar-refractivity contribution in [2.45, 2.75) is 71.8 Å². The van der Waals surface area contributed by atoms with Crippen molar-refractivity contribution in [3.05, 3.63) is 69.2 Å². The van der Waals surface area contributed by atoms with Crippen LogP contribution in [0.2, 0.25) is 5.02 Å². The SMILES string of the molecule is CCCCCCCCC(=O)N(CCOC)C(C)c1nc2cc(Cl)ccc2c(=O)n1-c1ccc(C)cc1. The highest BCUT2D eigenvalue weighted by Crippen LogP contribution is 2.25. The monoisotopic (exact) mass is 511 g/mol. The van der Waals surface area contributed by atoms with Crippen molar-refractivity contribution in [1.29, 1.82) is 0 Å². The summed E-state index contributed by atoms with van der Waals surface area (Å²) in [4.78, 5) is 33.8.